The van der Waals surface area contributed by atoms with Gasteiger partial charge in [-0.1, -0.05) is 35.9 Å². The fraction of sp³-hybridized carbons (Fsp3) is 0.300. The minimum absolute atomic E-state index is 0.642. The lowest BCUT2D eigenvalue weighted by molar-refractivity contribution is 0.0398. The van der Waals surface area contributed by atoms with Gasteiger partial charge in [0.25, 0.3) is 0 Å². The van der Waals surface area contributed by atoms with Gasteiger partial charge in [0.2, 0.25) is 0 Å². The zero-order chi connectivity index (χ0) is 17.8. The number of hydrogen-bond donors (Lipinski definition) is 1. The van der Waals surface area contributed by atoms with E-state index in [-0.39, 0.29) is 0 Å². The monoisotopic (exact) mass is 368 g/mol. The summed E-state index contributed by atoms with van der Waals surface area (Å²) in [5.74, 6) is 1.49. The molecule has 0 unspecified atom stereocenters. The predicted octanol–water partition coefficient (Wildman–Crippen LogP) is 3.69. The molecule has 5 nitrogen and oxygen atoms in total. The molecule has 1 aliphatic heterocycles. The van der Waals surface area contributed by atoms with Gasteiger partial charge in [-0.15, -0.1) is 0 Å². The Bertz CT molecular complexity index is 896. The molecule has 0 saturated carbocycles. The fourth-order valence-electron chi connectivity index (χ4n) is 3.13. The Morgan fingerprint density at radius 2 is 1.77 bits per heavy atom. The number of rotatable bonds is 5. The molecule has 3 aromatic rings. The molecule has 134 valence electrons. The molecule has 4 rings (SSSR count). The zero-order valence-electron chi connectivity index (χ0n) is 14.5. The molecule has 1 aromatic heterocycles. The van der Waals surface area contributed by atoms with Crippen molar-refractivity contribution in [1.29, 1.82) is 0 Å². The maximum Gasteiger partial charge on any atom is 0.163 e. The molecule has 1 aliphatic rings. The lowest BCUT2D eigenvalue weighted by Gasteiger charge is -2.26. The number of ether oxygens (including phenoxy) is 1. The van der Waals surface area contributed by atoms with Crippen molar-refractivity contribution < 1.29 is 4.74 Å². The van der Waals surface area contributed by atoms with Crippen LogP contribution in [0.5, 0.6) is 0 Å². The van der Waals surface area contributed by atoms with Crippen molar-refractivity contribution in [2.75, 3.05) is 44.7 Å². The summed E-state index contributed by atoms with van der Waals surface area (Å²) < 4.78 is 5.40. The topological polar surface area (TPSA) is 50.3 Å². The first-order valence-corrected chi connectivity index (χ1v) is 9.25. The van der Waals surface area contributed by atoms with Crippen LogP contribution < -0.4 is 5.32 Å². The van der Waals surface area contributed by atoms with Crippen LogP contribution in [0, 0.1) is 0 Å². The second kappa shape index (κ2) is 7.99. The highest BCUT2D eigenvalue weighted by molar-refractivity contribution is 6.33. The van der Waals surface area contributed by atoms with Gasteiger partial charge in [-0.2, -0.15) is 0 Å². The average molecular weight is 369 g/mol. The van der Waals surface area contributed by atoms with Gasteiger partial charge in [0.15, 0.2) is 5.82 Å². The number of halogens is 1. The molecule has 1 saturated heterocycles. The van der Waals surface area contributed by atoms with E-state index in [0.29, 0.717) is 10.8 Å². The minimum atomic E-state index is 0.642. The number of hydrogen-bond acceptors (Lipinski definition) is 5. The van der Waals surface area contributed by atoms with E-state index in [2.05, 4.69) is 10.2 Å². The summed E-state index contributed by atoms with van der Waals surface area (Å²) in [4.78, 5) is 11.9. The quantitative estimate of drug-likeness (QED) is 0.744. The number of morpholine rings is 1. The third-order valence-electron chi connectivity index (χ3n) is 4.54. The maximum atomic E-state index is 6.35. The third kappa shape index (κ3) is 3.80. The Labute approximate surface area is 158 Å². The average Bonchev–Trinajstić information content (AvgIpc) is 2.69. The summed E-state index contributed by atoms with van der Waals surface area (Å²) in [5.41, 5.74) is 1.75. The summed E-state index contributed by atoms with van der Waals surface area (Å²) in [6.07, 6.45) is 0. The van der Waals surface area contributed by atoms with Crippen LogP contribution in [0.3, 0.4) is 0 Å². The smallest absolute Gasteiger partial charge is 0.163 e. The van der Waals surface area contributed by atoms with E-state index in [9.17, 15) is 0 Å². The molecule has 0 amide bonds. The molecule has 0 spiro atoms. The molecule has 0 bridgehead atoms. The lowest BCUT2D eigenvalue weighted by atomic mass is 10.2. The third-order valence-corrected chi connectivity index (χ3v) is 4.87. The first-order valence-electron chi connectivity index (χ1n) is 8.87. The molecule has 0 atom stereocenters. The molecular weight excluding hydrogens is 348 g/mol. The number of aromatic nitrogens is 2. The second-order valence-corrected chi connectivity index (χ2v) is 6.68. The van der Waals surface area contributed by atoms with Crippen molar-refractivity contribution in [3.8, 4) is 11.4 Å². The van der Waals surface area contributed by atoms with Crippen LogP contribution in [0.25, 0.3) is 22.3 Å². The number of nitrogens with zero attached hydrogens (tertiary/aromatic N) is 3. The Hall–Kier alpha value is -2.21. The summed E-state index contributed by atoms with van der Waals surface area (Å²) in [6, 6.07) is 15.7. The Morgan fingerprint density at radius 3 is 2.62 bits per heavy atom. The van der Waals surface area contributed by atoms with E-state index in [0.717, 1.165) is 61.7 Å². The van der Waals surface area contributed by atoms with Crippen molar-refractivity contribution in [2.45, 2.75) is 0 Å². The van der Waals surface area contributed by atoms with Crippen molar-refractivity contribution in [2.24, 2.45) is 0 Å². The summed E-state index contributed by atoms with van der Waals surface area (Å²) in [5, 5.41) is 5.16. The van der Waals surface area contributed by atoms with Crippen LogP contribution in [-0.2, 0) is 4.74 Å². The molecule has 2 heterocycles. The second-order valence-electron chi connectivity index (χ2n) is 6.27. The van der Waals surface area contributed by atoms with Crippen LogP contribution in [0.15, 0.2) is 48.5 Å². The number of nitrogens with one attached hydrogen (secondary N) is 1. The van der Waals surface area contributed by atoms with Gasteiger partial charge in [0, 0.05) is 37.1 Å². The van der Waals surface area contributed by atoms with Crippen LogP contribution in [0.2, 0.25) is 5.02 Å². The first kappa shape index (κ1) is 17.2. The van der Waals surface area contributed by atoms with E-state index >= 15 is 0 Å². The first-order chi connectivity index (χ1) is 12.8. The summed E-state index contributed by atoms with van der Waals surface area (Å²) in [7, 11) is 0. The normalized spacial score (nSPS) is 15.3. The van der Waals surface area contributed by atoms with Crippen molar-refractivity contribution in [3.63, 3.8) is 0 Å². The fourth-order valence-corrected chi connectivity index (χ4v) is 3.35. The number of fused-ring (bicyclic) bond motifs is 1. The molecule has 26 heavy (non-hydrogen) atoms. The Kier molecular flexibility index (Phi) is 5.29. The highest BCUT2D eigenvalue weighted by Crippen LogP contribution is 2.29. The van der Waals surface area contributed by atoms with Gasteiger partial charge in [0.1, 0.15) is 5.82 Å². The van der Waals surface area contributed by atoms with E-state index in [1.165, 1.54) is 0 Å². The largest absolute Gasteiger partial charge is 0.379 e. The van der Waals surface area contributed by atoms with E-state index in [1.807, 2.05) is 48.5 Å². The molecular formula is C20H21ClN4O. The molecule has 0 radical (unpaired) electrons. The van der Waals surface area contributed by atoms with Crippen LogP contribution in [-0.4, -0.2) is 54.3 Å². The van der Waals surface area contributed by atoms with Gasteiger partial charge >= 0.3 is 0 Å². The van der Waals surface area contributed by atoms with Gasteiger partial charge in [-0.05, 0) is 24.3 Å². The predicted molar refractivity (Wildman–Crippen MR) is 106 cm³/mol. The molecule has 0 aliphatic carbocycles. The van der Waals surface area contributed by atoms with Gasteiger partial charge in [-0.25, -0.2) is 9.97 Å². The molecule has 1 N–H and O–H groups in total. The van der Waals surface area contributed by atoms with Gasteiger partial charge in [-0.3, -0.25) is 4.90 Å². The summed E-state index contributed by atoms with van der Waals surface area (Å²) >= 11 is 6.35. The maximum absolute atomic E-state index is 6.35. The SMILES string of the molecule is Clc1ccccc1-c1nc(NCCN2CCOCC2)c2ccccc2n1. The van der Waals surface area contributed by atoms with Crippen LogP contribution in [0.4, 0.5) is 5.82 Å². The Morgan fingerprint density at radius 1 is 1.00 bits per heavy atom. The number of benzene rings is 2. The molecule has 6 heteroatoms. The van der Waals surface area contributed by atoms with Gasteiger partial charge in [0.05, 0.1) is 23.8 Å². The van der Waals surface area contributed by atoms with E-state index < -0.39 is 0 Å². The van der Waals surface area contributed by atoms with E-state index in [4.69, 9.17) is 26.3 Å². The highest BCUT2D eigenvalue weighted by atomic mass is 35.5. The minimum Gasteiger partial charge on any atom is -0.379 e. The Balaban J connectivity index is 1.61. The standard InChI is InChI=1S/C20H21ClN4O/c21-17-7-3-1-5-15(17)20-23-18-8-4-2-6-16(18)19(24-20)22-9-10-25-11-13-26-14-12-25/h1-8H,9-14H2,(H,22,23,24). The van der Waals surface area contributed by atoms with Crippen LogP contribution >= 0.6 is 11.6 Å². The molecule has 2 aromatic carbocycles. The molecule has 1 fully saturated rings. The lowest BCUT2D eigenvalue weighted by Crippen LogP contribution is -2.39. The number of para-hydroxylation sites is 1. The highest BCUT2D eigenvalue weighted by Gasteiger charge is 2.13. The van der Waals surface area contributed by atoms with E-state index in [1.54, 1.807) is 0 Å². The van der Waals surface area contributed by atoms with Crippen molar-refractivity contribution >= 4 is 28.3 Å². The zero-order valence-corrected chi connectivity index (χ0v) is 15.2. The van der Waals surface area contributed by atoms with Crippen LogP contribution in [0.1, 0.15) is 0 Å². The number of anilines is 1. The van der Waals surface area contributed by atoms with Crippen molar-refractivity contribution in [1.82, 2.24) is 14.9 Å². The van der Waals surface area contributed by atoms with Crippen molar-refractivity contribution in [3.05, 3.63) is 53.6 Å². The summed E-state index contributed by atoms with van der Waals surface area (Å²) in [6.45, 7) is 5.38. The van der Waals surface area contributed by atoms with Gasteiger partial charge < -0.3 is 10.1 Å².